The summed E-state index contributed by atoms with van der Waals surface area (Å²) in [5, 5.41) is 8.72. The van der Waals surface area contributed by atoms with E-state index in [0.717, 1.165) is 79.7 Å². The number of aryl methyl sites for hydroxylation is 1. The van der Waals surface area contributed by atoms with E-state index in [2.05, 4.69) is 70.0 Å². The molecule has 6 nitrogen and oxygen atoms in total. The number of rotatable bonds is 21. The third kappa shape index (κ3) is 12.0. The van der Waals surface area contributed by atoms with Gasteiger partial charge in [0.1, 0.15) is 11.9 Å². The van der Waals surface area contributed by atoms with E-state index in [9.17, 15) is 9.59 Å². The van der Waals surface area contributed by atoms with Crippen LogP contribution in [-0.4, -0.2) is 18.0 Å². The van der Waals surface area contributed by atoms with Crippen molar-refractivity contribution in [2.24, 2.45) is 56.6 Å². The van der Waals surface area contributed by atoms with E-state index in [4.69, 9.17) is 9.47 Å². The van der Waals surface area contributed by atoms with E-state index in [0.29, 0.717) is 36.1 Å². The molecule has 324 valence electrons. The van der Waals surface area contributed by atoms with Gasteiger partial charge < -0.3 is 9.47 Å². The second kappa shape index (κ2) is 21.5. The summed E-state index contributed by atoms with van der Waals surface area (Å²) in [6.07, 6.45) is 27.1. The summed E-state index contributed by atoms with van der Waals surface area (Å²) in [7, 11) is 0. The van der Waals surface area contributed by atoms with Crippen molar-refractivity contribution in [1.29, 1.82) is 0 Å². The van der Waals surface area contributed by atoms with E-state index in [1.807, 2.05) is 24.3 Å². The fourth-order valence-electron chi connectivity index (χ4n) is 12.3. The SMILES string of the molecule is CCCCCCCc1ccc(N=Nc2ccc(OC(=O)CCCCCC(=O)O[C@H]3CC[C@@]4(C)C(=CC[C@H]5[C@@H]6CC[C@H]([C@H](C)CCCC(C)C)[C@@]6(C)CC[C@@H]54)C3)cc2)cc1. The zero-order valence-electron chi connectivity index (χ0n) is 37.8. The number of esters is 2. The minimum atomic E-state index is -0.261. The number of carbonyl (C=O) groups excluding carboxylic acids is 2. The maximum absolute atomic E-state index is 12.9. The quantitative estimate of drug-likeness (QED) is 0.0414. The van der Waals surface area contributed by atoms with Crippen molar-refractivity contribution >= 4 is 23.3 Å². The number of azo groups is 1. The third-order valence-electron chi connectivity index (χ3n) is 15.7. The highest BCUT2D eigenvalue weighted by Gasteiger charge is 2.59. The van der Waals surface area contributed by atoms with Gasteiger partial charge >= 0.3 is 11.9 Å². The van der Waals surface area contributed by atoms with Gasteiger partial charge in [0.05, 0.1) is 11.4 Å². The van der Waals surface area contributed by atoms with Crippen molar-refractivity contribution in [2.75, 3.05) is 0 Å². The molecular formula is C53H78N2O4. The topological polar surface area (TPSA) is 77.3 Å². The summed E-state index contributed by atoms with van der Waals surface area (Å²) < 4.78 is 11.7. The maximum Gasteiger partial charge on any atom is 0.311 e. The van der Waals surface area contributed by atoms with Gasteiger partial charge in [0, 0.05) is 19.3 Å². The summed E-state index contributed by atoms with van der Waals surface area (Å²) >= 11 is 0. The van der Waals surface area contributed by atoms with Crippen LogP contribution >= 0.6 is 0 Å². The number of carbonyl (C=O) groups is 2. The van der Waals surface area contributed by atoms with Gasteiger partial charge in [0.25, 0.3) is 0 Å². The van der Waals surface area contributed by atoms with Gasteiger partial charge in [-0.05, 0) is 159 Å². The van der Waals surface area contributed by atoms with Gasteiger partial charge in [-0.3, -0.25) is 9.59 Å². The Bertz CT molecular complexity index is 1700. The summed E-state index contributed by atoms with van der Waals surface area (Å²) in [6, 6.07) is 15.4. The first-order valence-electron chi connectivity index (χ1n) is 24.2. The minimum Gasteiger partial charge on any atom is -0.462 e. The van der Waals surface area contributed by atoms with Crippen molar-refractivity contribution < 1.29 is 19.1 Å². The van der Waals surface area contributed by atoms with E-state index in [1.165, 1.54) is 89.0 Å². The predicted octanol–water partition coefficient (Wildman–Crippen LogP) is 15.4. The van der Waals surface area contributed by atoms with E-state index in [1.54, 1.807) is 17.7 Å². The van der Waals surface area contributed by atoms with Gasteiger partial charge in [-0.15, -0.1) is 0 Å². The molecule has 3 fully saturated rings. The molecule has 0 N–H and O–H groups in total. The Labute approximate surface area is 358 Å². The maximum atomic E-state index is 12.9. The fraction of sp³-hybridized carbons (Fsp3) is 0.698. The second-order valence-corrected chi connectivity index (χ2v) is 20.2. The van der Waals surface area contributed by atoms with Crippen molar-refractivity contribution in [3.05, 3.63) is 65.7 Å². The first kappa shape index (κ1) is 45.3. The number of hydrogen-bond acceptors (Lipinski definition) is 6. The smallest absolute Gasteiger partial charge is 0.311 e. The Morgan fingerprint density at radius 2 is 1.41 bits per heavy atom. The lowest BCUT2D eigenvalue weighted by atomic mass is 9.47. The third-order valence-corrected chi connectivity index (χ3v) is 15.7. The van der Waals surface area contributed by atoms with Crippen molar-refractivity contribution in [3.63, 3.8) is 0 Å². The molecule has 0 saturated heterocycles. The van der Waals surface area contributed by atoms with Crippen LogP contribution < -0.4 is 4.74 Å². The molecule has 0 aliphatic heterocycles. The molecule has 2 aromatic rings. The molecular weight excluding hydrogens is 729 g/mol. The molecule has 0 radical (unpaired) electrons. The molecule has 4 aliphatic rings. The molecule has 0 aromatic heterocycles. The molecule has 0 unspecified atom stereocenters. The monoisotopic (exact) mass is 807 g/mol. The highest BCUT2D eigenvalue weighted by molar-refractivity contribution is 5.72. The van der Waals surface area contributed by atoms with Gasteiger partial charge in [-0.1, -0.05) is 117 Å². The van der Waals surface area contributed by atoms with Crippen LogP contribution in [0.5, 0.6) is 5.75 Å². The number of fused-ring (bicyclic) bond motifs is 5. The highest BCUT2D eigenvalue weighted by atomic mass is 16.5. The van der Waals surface area contributed by atoms with Crippen molar-refractivity contribution in [1.82, 2.24) is 0 Å². The Morgan fingerprint density at radius 1 is 0.729 bits per heavy atom. The predicted molar refractivity (Wildman–Crippen MR) is 241 cm³/mol. The number of benzene rings is 2. The van der Waals surface area contributed by atoms with Crippen LogP contribution in [0.25, 0.3) is 0 Å². The standard InChI is InChI=1S/C53H78N2O4/c1-7-8-9-10-12-18-40-21-24-42(25-22-40)54-55-43-26-28-44(29-27-43)58-50(56)19-13-11-14-20-51(57)59-45-33-35-52(5)41(37-45)23-30-46-48-32-31-47(39(4)17-15-16-38(2)3)53(48,6)36-34-49(46)52/h21-29,38-39,45-49H,7-20,30-37H2,1-6H3/t39-,45+,46+,47-,48+,49+,52+,53-/m1/s1. The van der Waals surface area contributed by atoms with Crippen LogP contribution in [0.1, 0.15) is 182 Å². The van der Waals surface area contributed by atoms with E-state index in [-0.39, 0.29) is 23.5 Å². The van der Waals surface area contributed by atoms with Crippen LogP contribution in [0, 0.1) is 46.3 Å². The van der Waals surface area contributed by atoms with Crippen LogP contribution in [0.4, 0.5) is 11.4 Å². The highest BCUT2D eigenvalue weighted by Crippen LogP contribution is 2.67. The number of hydrogen-bond donors (Lipinski definition) is 0. The molecule has 0 heterocycles. The molecule has 59 heavy (non-hydrogen) atoms. The number of nitrogens with zero attached hydrogens (tertiary/aromatic N) is 2. The summed E-state index contributed by atoms with van der Waals surface area (Å²) in [5.74, 6) is 5.15. The average Bonchev–Trinajstić information content (AvgIpc) is 3.58. The zero-order chi connectivity index (χ0) is 41.8. The Balaban J connectivity index is 0.860. The first-order chi connectivity index (χ1) is 28.5. The zero-order valence-corrected chi connectivity index (χ0v) is 37.8. The van der Waals surface area contributed by atoms with Gasteiger partial charge in [0.2, 0.25) is 0 Å². The molecule has 8 atom stereocenters. The lowest BCUT2D eigenvalue weighted by molar-refractivity contribution is -0.151. The first-order valence-corrected chi connectivity index (χ1v) is 24.2. The van der Waals surface area contributed by atoms with Crippen LogP contribution in [0.15, 0.2) is 70.4 Å². The van der Waals surface area contributed by atoms with Gasteiger partial charge in [-0.2, -0.15) is 10.2 Å². The Morgan fingerprint density at radius 3 is 2.12 bits per heavy atom. The Hall–Kier alpha value is -3.28. The lowest BCUT2D eigenvalue weighted by Crippen LogP contribution is -2.51. The lowest BCUT2D eigenvalue weighted by Gasteiger charge is -2.58. The van der Waals surface area contributed by atoms with E-state index >= 15 is 0 Å². The summed E-state index contributed by atoms with van der Waals surface area (Å²) in [4.78, 5) is 25.5. The van der Waals surface area contributed by atoms with Crippen LogP contribution in [0.2, 0.25) is 0 Å². The number of unbranched alkanes of at least 4 members (excludes halogenated alkanes) is 6. The molecule has 0 bridgehead atoms. The molecule has 4 aliphatic carbocycles. The summed E-state index contributed by atoms with van der Waals surface area (Å²) in [6.45, 7) is 14.8. The minimum absolute atomic E-state index is 0.00103. The second-order valence-electron chi connectivity index (χ2n) is 20.2. The summed E-state index contributed by atoms with van der Waals surface area (Å²) in [5.41, 5.74) is 5.21. The van der Waals surface area contributed by atoms with Crippen LogP contribution in [-0.2, 0) is 20.7 Å². The molecule has 2 aromatic carbocycles. The Kier molecular flexibility index (Phi) is 16.5. The normalized spacial score (nSPS) is 28.1. The van der Waals surface area contributed by atoms with Crippen LogP contribution in [0.3, 0.4) is 0 Å². The number of allylic oxidation sites excluding steroid dienone is 1. The molecule has 3 saturated carbocycles. The molecule has 0 amide bonds. The fourth-order valence-corrected chi connectivity index (χ4v) is 12.3. The van der Waals surface area contributed by atoms with Gasteiger partial charge in [-0.25, -0.2) is 0 Å². The van der Waals surface area contributed by atoms with Crippen molar-refractivity contribution in [2.45, 2.75) is 189 Å². The largest absolute Gasteiger partial charge is 0.462 e. The molecule has 6 heteroatoms. The van der Waals surface area contributed by atoms with E-state index < -0.39 is 0 Å². The van der Waals surface area contributed by atoms with Crippen molar-refractivity contribution in [3.8, 4) is 5.75 Å². The molecule has 0 spiro atoms. The van der Waals surface area contributed by atoms with Gasteiger partial charge in [0.15, 0.2) is 0 Å². The number of ether oxygens (including phenoxy) is 2. The average molecular weight is 807 g/mol. The molecule has 6 rings (SSSR count).